The van der Waals surface area contributed by atoms with Gasteiger partial charge in [0.15, 0.2) is 0 Å². The average Bonchev–Trinajstić information content (AvgIpc) is 3.31. The number of hydrogen-bond acceptors (Lipinski definition) is 6. The van der Waals surface area contributed by atoms with Crippen LogP contribution in [0.15, 0.2) is 51.4 Å². The van der Waals surface area contributed by atoms with Gasteiger partial charge in [0, 0.05) is 25.8 Å². The highest BCUT2D eigenvalue weighted by atomic mass is 16.5. The Bertz CT molecular complexity index is 1210. The zero-order valence-corrected chi connectivity index (χ0v) is 18.1. The van der Waals surface area contributed by atoms with Crippen LogP contribution >= 0.6 is 0 Å². The van der Waals surface area contributed by atoms with Crippen LogP contribution in [0.3, 0.4) is 0 Å². The van der Waals surface area contributed by atoms with Crippen molar-refractivity contribution in [2.75, 3.05) is 20.3 Å². The average molecular weight is 419 g/mol. The molecule has 0 saturated heterocycles. The van der Waals surface area contributed by atoms with Crippen molar-refractivity contribution in [3.8, 4) is 11.3 Å². The molecule has 0 bridgehead atoms. The summed E-state index contributed by atoms with van der Waals surface area (Å²) in [5.74, 6) is 1.39. The van der Waals surface area contributed by atoms with E-state index in [1.807, 2.05) is 57.2 Å². The lowest BCUT2D eigenvalue weighted by Gasteiger charge is -2.23. The maximum absolute atomic E-state index is 13.7. The second-order valence-corrected chi connectivity index (χ2v) is 7.54. The van der Waals surface area contributed by atoms with Crippen LogP contribution in [0.1, 0.15) is 33.1 Å². The molecule has 3 heterocycles. The number of benzene rings is 1. The van der Waals surface area contributed by atoms with E-state index in [1.165, 1.54) is 0 Å². The topological polar surface area (TPSA) is 81.6 Å². The van der Waals surface area contributed by atoms with Gasteiger partial charge in [0.05, 0.1) is 28.9 Å². The molecule has 0 saturated carbocycles. The van der Waals surface area contributed by atoms with Crippen LogP contribution in [0.25, 0.3) is 22.4 Å². The fraction of sp³-hybridized carbons (Fsp3) is 0.292. The predicted octanol–water partition coefficient (Wildman–Crippen LogP) is 4.70. The summed E-state index contributed by atoms with van der Waals surface area (Å²) in [5, 5.41) is 4.68. The van der Waals surface area contributed by atoms with Crippen LogP contribution < -0.4 is 0 Å². The van der Waals surface area contributed by atoms with Crippen molar-refractivity contribution < 1.29 is 18.5 Å². The monoisotopic (exact) mass is 419 g/mol. The number of rotatable bonds is 7. The van der Waals surface area contributed by atoms with Gasteiger partial charge >= 0.3 is 0 Å². The van der Waals surface area contributed by atoms with E-state index < -0.39 is 0 Å². The van der Waals surface area contributed by atoms with Gasteiger partial charge < -0.3 is 18.6 Å². The first-order valence-corrected chi connectivity index (χ1v) is 10.1. The van der Waals surface area contributed by atoms with Crippen molar-refractivity contribution in [2.45, 2.75) is 27.3 Å². The molecule has 0 spiro atoms. The minimum absolute atomic E-state index is 0.126. The van der Waals surface area contributed by atoms with Gasteiger partial charge in [0.1, 0.15) is 11.5 Å². The van der Waals surface area contributed by atoms with Gasteiger partial charge in [-0.25, -0.2) is 4.98 Å². The largest absolute Gasteiger partial charge is 0.466 e. The minimum atomic E-state index is -0.126. The molecule has 31 heavy (non-hydrogen) atoms. The lowest BCUT2D eigenvalue weighted by molar-refractivity contribution is 0.0682. The molecule has 4 rings (SSSR count). The number of aromatic nitrogens is 2. The van der Waals surface area contributed by atoms with E-state index in [2.05, 4.69) is 10.1 Å². The number of nitrogens with zero attached hydrogens (tertiary/aromatic N) is 3. The van der Waals surface area contributed by atoms with E-state index in [0.29, 0.717) is 47.7 Å². The summed E-state index contributed by atoms with van der Waals surface area (Å²) in [6, 6.07) is 13.6. The highest BCUT2D eigenvalue weighted by Gasteiger charge is 2.24. The summed E-state index contributed by atoms with van der Waals surface area (Å²) in [7, 11) is 1.63. The van der Waals surface area contributed by atoms with Gasteiger partial charge in [-0.1, -0.05) is 35.5 Å². The van der Waals surface area contributed by atoms with E-state index in [0.717, 1.165) is 22.6 Å². The van der Waals surface area contributed by atoms with Gasteiger partial charge in [-0.2, -0.15) is 0 Å². The number of aryl methyl sites for hydroxylation is 3. The summed E-state index contributed by atoms with van der Waals surface area (Å²) in [5.41, 5.74) is 3.96. The van der Waals surface area contributed by atoms with E-state index in [1.54, 1.807) is 18.1 Å². The normalized spacial score (nSPS) is 11.2. The third-order valence-electron chi connectivity index (χ3n) is 5.23. The number of methoxy groups -OCH3 is 1. The lowest BCUT2D eigenvalue weighted by Crippen LogP contribution is -2.33. The van der Waals surface area contributed by atoms with Crippen molar-refractivity contribution in [1.82, 2.24) is 15.0 Å². The number of carbonyl (C=O) groups excluding carboxylic acids is 1. The molecular weight excluding hydrogens is 394 g/mol. The number of carbonyl (C=O) groups is 1. The van der Waals surface area contributed by atoms with E-state index in [-0.39, 0.29) is 5.91 Å². The third kappa shape index (κ3) is 4.22. The van der Waals surface area contributed by atoms with Crippen LogP contribution in [-0.2, 0) is 11.3 Å². The Labute approximate surface area is 180 Å². The molecule has 7 nitrogen and oxygen atoms in total. The fourth-order valence-electron chi connectivity index (χ4n) is 3.71. The second kappa shape index (κ2) is 8.73. The van der Waals surface area contributed by atoms with Crippen molar-refractivity contribution in [2.24, 2.45) is 0 Å². The zero-order chi connectivity index (χ0) is 22.0. The molecule has 0 unspecified atom stereocenters. The van der Waals surface area contributed by atoms with E-state index >= 15 is 0 Å². The smallest absolute Gasteiger partial charge is 0.259 e. The third-order valence-corrected chi connectivity index (χ3v) is 5.23. The Hall–Kier alpha value is -3.45. The Morgan fingerprint density at radius 3 is 2.58 bits per heavy atom. The molecule has 0 aliphatic heterocycles. The quantitative estimate of drug-likeness (QED) is 0.432. The van der Waals surface area contributed by atoms with Crippen molar-refractivity contribution >= 4 is 17.0 Å². The highest BCUT2D eigenvalue weighted by molar-refractivity contribution is 6.07. The number of pyridine rings is 1. The number of furan rings is 1. The lowest BCUT2D eigenvalue weighted by atomic mass is 10.0. The molecule has 0 N–H and O–H groups in total. The van der Waals surface area contributed by atoms with Crippen LogP contribution in [-0.4, -0.2) is 41.2 Å². The summed E-state index contributed by atoms with van der Waals surface area (Å²) in [6.45, 7) is 6.93. The van der Waals surface area contributed by atoms with Gasteiger partial charge in [0.25, 0.3) is 11.6 Å². The summed E-state index contributed by atoms with van der Waals surface area (Å²) in [6.07, 6.45) is 0. The van der Waals surface area contributed by atoms with Crippen molar-refractivity contribution in [3.05, 3.63) is 70.8 Å². The Morgan fingerprint density at radius 2 is 1.90 bits per heavy atom. The maximum Gasteiger partial charge on any atom is 0.259 e. The molecule has 3 aromatic heterocycles. The molecule has 0 aliphatic carbocycles. The molecule has 7 heteroatoms. The Balaban J connectivity index is 1.80. The number of fused-ring (bicyclic) bond motifs is 1. The van der Waals surface area contributed by atoms with Crippen LogP contribution in [0.4, 0.5) is 0 Å². The summed E-state index contributed by atoms with van der Waals surface area (Å²) < 4.78 is 16.4. The fourth-order valence-corrected chi connectivity index (χ4v) is 3.71. The first-order valence-electron chi connectivity index (χ1n) is 10.1. The van der Waals surface area contributed by atoms with Crippen LogP contribution in [0.5, 0.6) is 0 Å². The number of hydrogen-bond donors (Lipinski definition) is 0. The van der Waals surface area contributed by atoms with Gasteiger partial charge in [-0.15, -0.1) is 0 Å². The van der Waals surface area contributed by atoms with Crippen LogP contribution in [0.2, 0.25) is 0 Å². The van der Waals surface area contributed by atoms with Crippen molar-refractivity contribution in [3.63, 3.8) is 0 Å². The van der Waals surface area contributed by atoms with Gasteiger partial charge in [0.2, 0.25) is 0 Å². The zero-order valence-electron chi connectivity index (χ0n) is 18.1. The van der Waals surface area contributed by atoms with Gasteiger partial charge in [-0.05, 0) is 38.5 Å². The molecule has 0 radical (unpaired) electrons. The molecule has 1 aromatic carbocycles. The van der Waals surface area contributed by atoms with E-state index in [4.69, 9.17) is 13.7 Å². The predicted molar refractivity (Wildman–Crippen MR) is 117 cm³/mol. The summed E-state index contributed by atoms with van der Waals surface area (Å²) >= 11 is 0. The summed E-state index contributed by atoms with van der Waals surface area (Å²) in [4.78, 5) is 20.1. The standard InChI is InChI=1S/C24H25N3O4/c1-15-12-19(17(3)30-15)21-13-20(22-16(2)26-31-23(22)25-21)24(28)27(10-11-29-4)14-18-8-6-5-7-9-18/h5-9,12-13H,10-11,14H2,1-4H3. The number of ether oxygens (including phenoxy) is 1. The Morgan fingerprint density at radius 1 is 1.13 bits per heavy atom. The number of amides is 1. The minimum Gasteiger partial charge on any atom is -0.466 e. The van der Waals surface area contributed by atoms with Crippen molar-refractivity contribution in [1.29, 1.82) is 0 Å². The van der Waals surface area contributed by atoms with Gasteiger partial charge in [-0.3, -0.25) is 4.79 Å². The molecular formula is C24H25N3O4. The molecule has 160 valence electrons. The molecule has 0 atom stereocenters. The molecule has 1 amide bonds. The highest BCUT2D eigenvalue weighted by Crippen LogP contribution is 2.31. The van der Waals surface area contributed by atoms with E-state index in [9.17, 15) is 4.79 Å². The molecule has 4 aromatic rings. The first-order chi connectivity index (χ1) is 15.0. The molecule has 0 fully saturated rings. The molecule has 0 aliphatic rings. The Kier molecular flexibility index (Phi) is 5.86. The van der Waals surface area contributed by atoms with Crippen LogP contribution in [0, 0.1) is 20.8 Å². The SMILES string of the molecule is COCCN(Cc1ccccc1)C(=O)c1cc(-c2cc(C)oc2C)nc2onc(C)c12. The first kappa shape index (κ1) is 20.8. The second-order valence-electron chi connectivity index (χ2n) is 7.54. The maximum atomic E-state index is 13.7.